The molecule has 1 unspecified atom stereocenters. The number of carbonyl (C=O) groups excluding carboxylic acids is 1. The van der Waals surface area contributed by atoms with Gasteiger partial charge in [-0.1, -0.05) is 25.1 Å². The maximum absolute atomic E-state index is 12.6. The number of nitrogens with zero attached hydrogens (tertiary/aromatic N) is 1. The van der Waals surface area contributed by atoms with Crippen LogP contribution in [0, 0.1) is 11.8 Å². The summed E-state index contributed by atoms with van der Waals surface area (Å²) in [7, 11) is 0. The Morgan fingerprint density at radius 2 is 2.10 bits per heavy atom. The molecule has 1 fully saturated rings. The number of hydrogen-bond acceptors (Lipinski definition) is 2. The summed E-state index contributed by atoms with van der Waals surface area (Å²) in [6, 6.07) is 8.30. The van der Waals surface area contributed by atoms with Crippen LogP contribution in [-0.2, 0) is 11.2 Å². The topological polar surface area (TPSA) is 32.3 Å². The minimum absolute atomic E-state index is 0.306. The lowest BCUT2D eigenvalue weighted by atomic mass is 9.84. The van der Waals surface area contributed by atoms with Crippen LogP contribution < -0.4 is 10.2 Å². The molecular weight excluding hydrogens is 248 g/mol. The first kappa shape index (κ1) is 13.6. The van der Waals surface area contributed by atoms with Crippen molar-refractivity contribution in [3.63, 3.8) is 0 Å². The highest BCUT2D eigenvalue weighted by atomic mass is 16.2. The molecule has 1 atom stereocenters. The van der Waals surface area contributed by atoms with Crippen LogP contribution in [0.25, 0.3) is 0 Å². The van der Waals surface area contributed by atoms with Crippen molar-refractivity contribution in [2.75, 3.05) is 24.5 Å². The van der Waals surface area contributed by atoms with Crippen molar-refractivity contribution in [1.82, 2.24) is 5.32 Å². The highest BCUT2D eigenvalue weighted by Crippen LogP contribution is 2.30. The van der Waals surface area contributed by atoms with E-state index < -0.39 is 0 Å². The number of hydrogen-bond donors (Lipinski definition) is 1. The molecule has 3 nitrogen and oxygen atoms in total. The van der Waals surface area contributed by atoms with Gasteiger partial charge in [-0.15, -0.1) is 0 Å². The van der Waals surface area contributed by atoms with Crippen molar-refractivity contribution in [2.24, 2.45) is 11.8 Å². The van der Waals surface area contributed by atoms with E-state index in [2.05, 4.69) is 30.4 Å². The highest BCUT2D eigenvalue weighted by molar-refractivity contribution is 5.95. The van der Waals surface area contributed by atoms with Crippen LogP contribution in [0.5, 0.6) is 0 Å². The molecule has 1 saturated heterocycles. The number of anilines is 1. The van der Waals surface area contributed by atoms with Crippen molar-refractivity contribution < 1.29 is 4.79 Å². The molecule has 0 bridgehead atoms. The molecule has 1 aromatic rings. The summed E-state index contributed by atoms with van der Waals surface area (Å²) in [6.07, 6.45) is 4.12. The van der Waals surface area contributed by atoms with E-state index in [-0.39, 0.29) is 0 Å². The standard InChI is InChI=1S/C17H24N2O/c1-13(14-6-9-18-10-7-14)12-17(20)19-11-8-15-4-2-3-5-16(15)19/h2-5,13-14,18H,6-12H2,1H3. The van der Waals surface area contributed by atoms with Gasteiger partial charge in [0.2, 0.25) is 5.91 Å². The second kappa shape index (κ2) is 5.96. The van der Waals surface area contributed by atoms with Gasteiger partial charge in [0.25, 0.3) is 0 Å². The Morgan fingerprint density at radius 3 is 2.90 bits per heavy atom. The van der Waals surface area contributed by atoms with Gasteiger partial charge in [-0.2, -0.15) is 0 Å². The fraction of sp³-hybridized carbons (Fsp3) is 0.588. The number of rotatable bonds is 3. The average Bonchev–Trinajstić information content (AvgIpc) is 2.92. The minimum atomic E-state index is 0.306. The SMILES string of the molecule is CC(CC(=O)N1CCc2ccccc21)C1CCNCC1. The van der Waals surface area contributed by atoms with Crippen LogP contribution in [0.15, 0.2) is 24.3 Å². The summed E-state index contributed by atoms with van der Waals surface area (Å²) in [6.45, 7) is 5.32. The first-order valence-corrected chi connectivity index (χ1v) is 7.84. The Labute approximate surface area is 121 Å². The predicted molar refractivity (Wildman–Crippen MR) is 81.9 cm³/mol. The largest absolute Gasteiger partial charge is 0.317 e. The Bertz CT molecular complexity index is 480. The first-order valence-electron chi connectivity index (χ1n) is 7.84. The van der Waals surface area contributed by atoms with E-state index in [1.807, 2.05) is 11.0 Å². The summed E-state index contributed by atoms with van der Waals surface area (Å²) < 4.78 is 0. The number of amides is 1. The molecular formula is C17H24N2O. The molecule has 1 amide bonds. The zero-order valence-corrected chi connectivity index (χ0v) is 12.3. The molecule has 1 aromatic carbocycles. The molecule has 0 radical (unpaired) electrons. The van der Waals surface area contributed by atoms with Gasteiger partial charge in [-0.05, 0) is 55.8 Å². The number of para-hydroxylation sites is 1. The lowest BCUT2D eigenvalue weighted by molar-refractivity contribution is -0.119. The first-order chi connectivity index (χ1) is 9.75. The Balaban J connectivity index is 1.62. The Hall–Kier alpha value is -1.35. The van der Waals surface area contributed by atoms with Gasteiger partial charge in [0.1, 0.15) is 0 Å². The molecule has 20 heavy (non-hydrogen) atoms. The van der Waals surface area contributed by atoms with Crippen molar-refractivity contribution in [1.29, 1.82) is 0 Å². The molecule has 0 saturated carbocycles. The van der Waals surface area contributed by atoms with Crippen LogP contribution in [0.4, 0.5) is 5.69 Å². The fourth-order valence-corrected chi connectivity index (χ4v) is 3.56. The van der Waals surface area contributed by atoms with E-state index in [9.17, 15) is 4.79 Å². The highest BCUT2D eigenvalue weighted by Gasteiger charge is 2.28. The summed E-state index contributed by atoms with van der Waals surface area (Å²) in [5.74, 6) is 1.51. The van der Waals surface area contributed by atoms with Gasteiger partial charge in [0.05, 0.1) is 0 Å². The van der Waals surface area contributed by atoms with Crippen molar-refractivity contribution in [3.8, 4) is 0 Å². The normalized spacial score (nSPS) is 20.8. The van der Waals surface area contributed by atoms with Crippen LogP contribution in [-0.4, -0.2) is 25.5 Å². The maximum atomic E-state index is 12.6. The second-order valence-corrected chi connectivity index (χ2v) is 6.19. The molecule has 0 spiro atoms. The van der Waals surface area contributed by atoms with Gasteiger partial charge >= 0.3 is 0 Å². The molecule has 2 heterocycles. The number of nitrogens with one attached hydrogen (secondary N) is 1. The monoisotopic (exact) mass is 272 g/mol. The summed E-state index contributed by atoms with van der Waals surface area (Å²) in [4.78, 5) is 14.6. The molecule has 1 N–H and O–H groups in total. The van der Waals surface area contributed by atoms with Crippen LogP contribution in [0.3, 0.4) is 0 Å². The second-order valence-electron chi connectivity index (χ2n) is 6.19. The van der Waals surface area contributed by atoms with E-state index in [1.165, 1.54) is 18.4 Å². The fourth-order valence-electron chi connectivity index (χ4n) is 3.56. The molecule has 0 aromatic heterocycles. The number of fused-ring (bicyclic) bond motifs is 1. The van der Waals surface area contributed by atoms with Crippen molar-refractivity contribution >= 4 is 11.6 Å². The zero-order chi connectivity index (χ0) is 13.9. The third-order valence-electron chi connectivity index (χ3n) is 4.87. The van der Waals surface area contributed by atoms with E-state index in [0.29, 0.717) is 24.2 Å². The van der Waals surface area contributed by atoms with Crippen LogP contribution in [0.1, 0.15) is 31.7 Å². The van der Waals surface area contributed by atoms with Crippen molar-refractivity contribution in [2.45, 2.75) is 32.6 Å². The third-order valence-corrected chi connectivity index (χ3v) is 4.87. The molecule has 2 aliphatic rings. The van der Waals surface area contributed by atoms with E-state index in [1.54, 1.807) is 0 Å². The molecule has 108 valence electrons. The number of piperidine rings is 1. The van der Waals surface area contributed by atoms with E-state index in [4.69, 9.17) is 0 Å². The molecule has 2 aliphatic heterocycles. The Kier molecular flexibility index (Phi) is 4.06. The molecule has 3 heteroatoms. The van der Waals surface area contributed by atoms with Gasteiger partial charge in [0.15, 0.2) is 0 Å². The third kappa shape index (κ3) is 2.73. The summed E-state index contributed by atoms with van der Waals surface area (Å²) in [5.41, 5.74) is 2.45. The zero-order valence-electron chi connectivity index (χ0n) is 12.3. The summed E-state index contributed by atoms with van der Waals surface area (Å²) >= 11 is 0. The van der Waals surface area contributed by atoms with Crippen LogP contribution in [0.2, 0.25) is 0 Å². The van der Waals surface area contributed by atoms with Crippen LogP contribution >= 0.6 is 0 Å². The van der Waals surface area contributed by atoms with E-state index >= 15 is 0 Å². The lowest BCUT2D eigenvalue weighted by Crippen LogP contribution is -2.35. The van der Waals surface area contributed by atoms with E-state index in [0.717, 1.165) is 31.7 Å². The summed E-state index contributed by atoms with van der Waals surface area (Å²) in [5, 5.41) is 3.40. The quantitative estimate of drug-likeness (QED) is 0.917. The van der Waals surface area contributed by atoms with Gasteiger partial charge in [-0.25, -0.2) is 0 Å². The Morgan fingerprint density at radius 1 is 1.35 bits per heavy atom. The molecule has 3 rings (SSSR count). The van der Waals surface area contributed by atoms with Gasteiger partial charge < -0.3 is 10.2 Å². The minimum Gasteiger partial charge on any atom is -0.317 e. The average molecular weight is 272 g/mol. The maximum Gasteiger partial charge on any atom is 0.227 e. The number of benzene rings is 1. The van der Waals surface area contributed by atoms with Gasteiger partial charge in [-0.3, -0.25) is 4.79 Å². The predicted octanol–water partition coefficient (Wildman–Crippen LogP) is 2.60. The lowest BCUT2D eigenvalue weighted by Gasteiger charge is -2.29. The molecule has 0 aliphatic carbocycles. The van der Waals surface area contributed by atoms with Crippen molar-refractivity contribution in [3.05, 3.63) is 29.8 Å². The van der Waals surface area contributed by atoms with Gasteiger partial charge in [0, 0.05) is 18.7 Å². The number of carbonyl (C=O) groups is 1. The smallest absolute Gasteiger partial charge is 0.227 e.